The highest BCUT2D eigenvalue weighted by molar-refractivity contribution is 7.99. The molecule has 7 heteroatoms. The van der Waals surface area contributed by atoms with E-state index in [1.807, 2.05) is 13.8 Å². The van der Waals surface area contributed by atoms with Crippen LogP contribution in [0.4, 0.5) is 0 Å². The quantitative estimate of drug-likeness (QED) is 0.532. The van der Waals surface area contributed by atoms with Crippen LogP contribution in [-0.4, -0.2) is 47.4 Å². The molecule has 0 aliphatic rings. The fourth-order valence-electron chi connectivity index (χ4n) is 1.91. The minimum Gasteiger partial charge on any atom is -0.478 e. The lowest BCUT2D eigenvalue weighted by Crippen LogP contribution is -2.20. The Labute approximate surface area is 133 Å². The molecule has 0 heterocycles. The Morgan fingerprint density at radius 2 is 1.55 bits per heavy atom. The van der Waals surface area contributed by atoms with Gasteiger partial charge in [0.25, 0.3) is 0 Å². The summed E-state index contributed by atoms with van der Waals surface area (Å²) < 4.78 is 10.8. The second-order valence-electron chi connectivity index (χ2n) is 4.45. The van der Waals surface area contributed by atoms with Crippen LogP contribution in [0.2, 0.25) is 0 Å². The van der Waals surface area contributed by atoms with Crippen LogP contribution < -0.4 is 0 Å². The number of thioether (sulfide) groups is 1. The van der Waals surface area contributed by atoms with Gasteiger partial charge < -0.3 is 19.7 Å². The topological polar surface area (TPSA) is 93.1 Å². The lowest BCUT2D eigenvalue weighted by Gasteiger charge is -2.18. The monoisotopic (exact) mass is 328 g/mol. The van der Waals surface area contributed by atoms with Crippen molar-refractivity contribution in [2.45, 2.75) is 32.0 Å². The van der Waals surface area contributed by atoms with Gasteiger partial charge in [0.05, 0.1) is 11.1 Å². The molecular weight excluding hydrogens is 308 g/mol. The van der Waals surface area contributed by atoms with Gasteiger partial charge in [-0.1, -0.05) is 0 Å². The Kier molecular flexibility index (Phi) is 7.37. The Bertz CT molecular complexity index is 502. The predicted molar refractivity (Wildman–Crippen MR) is 82.9 cm³/mol. The first-order chi connectivity index (χ1) is 10.4. The number of hydrogen-bond acceptors (Lipinski definition) is 5. The van der Waals surface area contributed by atoms with Crippen molar-refractivity contribution in [1.29, 1.82) is 0 Å². The Balaban J connectivity index is 3.10. The van der Waals surface area contributed by atoms with Crippen molar-refractivity contribution in [2.75, 3.05) is 19.0 Å². The molecule has 0 atom stereocenters. The molecule has 0 aliphatic heterocycles. The molecule has 1 aromatic carbocycles. The van der Waals surface area contributed by atoms with E-state index < -0.39 is 18.2 Å². The van der Waals surface area contributed by atoms with Gasteiger partial charge in [-0.15, -0.1) is 11.8 Å². The second kappa shape index (κ2) is 8.77. The molecule has 0 amide bonds. The fourth-order valence-corrected chi connectivity index (χ4v) is 3.01. The van der Waals surface area contributed by atoms with E-state index in [-0.39, 0.29) is 16.0 Å². The number of hydrogen-bond donors (Lipinski definition) is 2. The van der Waals surface area contributed by atoms with Crippen LogP contribution in [0.15, 0.2) is 17.0 Å². The van der Waals surface area contributed by atoms with E-state index in [2.05, 4.69) is 0 Å². The van der Waals surface area contributed by atoms with Crippen molar-refractivity contribution in [1.82, 2.24) is 0 Å². The van der Waals surface area contributed by atoms with Gasteiger partial charge in [0.2, 0.25) is 0 Å². The van der Waals surface area contributed by atoms with E-state index in [1.54, 1.807) is 6.92 Å². The number of carboxylic acid groups (broad SMARTS) is 2. The van der Waals surface area contributed by atoms with Crippen molar-refractivity contribution in [3.8, 4) is 0 Å². The number of rotatable bonds is 9. The van der Waals surface area contributed by atoms with Gasteiger partial charge in [-0.25, -0.2) is 9.59 Å². The molecule has 0 aromatic heterocycles. The van der Waals surface area contributed by atoms with Crippen LogP contribution in [0.1, 0.15) is 40.1 Å². The lowest BCUT2D eigenvalue weighted by molar-refractivity contribution is -0.120. The number of aryl methyl sites for hydroxylation is 1. The van der Waals surface area contributed by atoms with Crippen LogP contribution in [0, 0.1) is 6.92 Å². The third-order valence-corrected chi connectivity index (χ3v) is 3.93. The SMILES string of the molecule is CCOC(CSc1c(C(=O)O)cc(C)cc1C(=O)O)OCC. The smallest absolute Gasteiger partial charge is 0.336 e. The van der Waals surface area contributed by atoms with E-state index in [0.717, 1.165) is 11.8 Å². The summed E-state index contributed by atoms with van der Waals surface area (Å²) in [4.78, 5) is 23.0. The van der Waals surface area contributed by atoms with Gasteiger partial charge >= 0.3 is 11.9 Å². The second-order valence-corrected chi connectivity index (χ2v) is 5.48. The van der Waals surface area contributed by atoms with Gasteiger partial charge in [0.15, 0.2) is 6.29 Å². The maximum atomic E-state index is 11.4. The molecule has 0 aliphatic carbocycles. The molecule has 1 aromatic rings. The molecule has 1 rings (SSSR count). The molecule has 22 heavy (non-hydrogen) atoms. The molecule has 6 nitrogen and oxygen atoms in total. The number of carbonyl (C=O) groups is 2. The first-order valence-electron chi connectivity index (χ1n) is 6.87. The highest BCUT2D eigenvalue weighted by Gasteiger charge is 2.21. The maximum absolute atomic E-state index is 11.4. The van der Waals surface area contributed by atoms with Crippen molar-refractivity contribution < 1.29 is 29.3 Å². The number of ether oxygens (including phenoxy) is 2. The van der Waals surface area contributed by atoms with E-state index in [9.17, 15) is 19.8 Å². The molecule has 0 bridgehead atoms. The normalized spacial score (nSPS) is 10.9. The van der Waals surface area contributed by atoms with Crippen LogP contribution in [-0.2, 0) is 9.47 Å². The largest absolute Gasteiger partial charge is 0.478 e. The fraction of sp³-hybridized carbons (Fsp3) is 0.467. The van der Waals surface area contributed by atoms with Crippen molar-refractivity contribution in [3.05, 3.63) is 28.8 Å². The van der Waals surface area contributed by atoms with Crippen LogP contribution in [0.3, 0.4) is 0 Å². The van der Waals surface area contributed by atoms with Gasteiger partial charge in [0, 0.05) is 23.9 Å². The van der Waals surface area contributed by atoms with E-state index in [1.165, 1.54) is 12.1 Å². The standard InChI is InChI=1S/C15H20O6S/c1-4-20-12(21-5-2)8-22-13-10(14(16)17)6-9(3)7-11(13)15(18)19/h6-7,12H,4-5,8H2,1-3H3,(H,16,17)(H,18,19). The minimum atomic E-state index is -1.15. The Morgan fingerprint density at radius 1 is 1.09 bits per heavy atom. The molecule has 0 fully saturated rings. The molecule has 2 N–H and O–H groups in total. The van der Waals surface area contributed by atoms with Crippen LogP contribution >= 0.6 is 11.8 Å². The summed E-state index contributed by atoms with van der Waals surface area (Å²) in [5, 5.41) is 18.6. The average Bonchev–Trinajstić information content (AvgIpc) is 2.45. The summed E-state index contributed by atoms with van der Waals surface area (Å²) in [7, 11) is 0. The van der Waals surface area contributed by atoms with Crippen molar-refractivity contribution in [2.24, 2.45) is 0 Å². The molecule has 0 saturated carbocycles. The average molecular weight is 328 g/mol. The third-order valence-electron chi connectivity index (χ3n) is 2.76. The van der Waals surface area contributed by atoms with Gasteiger partial charge in [-0.3, -0.25) is 0 Å². The first kappa shape index (κ1) is 18.5. The lowest BCUT2D eigenvalue weighted by atomic mass is 10.1. The van der Waals surface area contributed by atoms with Crippen molar-refractivity contribution in [3.63, 3.8) is 0 Å². The Morgan fingerprint density at radius 3 is 1.91 bits per heavy atom. The number of carboxylic acids is 2. The van der Waals surface area contributed by atoms with Gasteiger partial charge in [-0.05, 0) is 38.5 Å². The van der Waals surface area contributed by atoms with Gasteiger partial charge in [-0.2, -0.15) is 0 Å². The molecule has 0 saturated heterocycles. The molecule has 122 valence electrons. The van der Waals surface area contributed by atoms with Crippen molar-refractivity contribution >= 4 is 23.7 Å². The molecule has 0 unspecified atom stereocenters. The highest BCUT2D eigenvalue weighted by Crippen LogP contribution is 2.30. The summed E-state index contributed by atoms with van der Waals surface area (Å²) >= 11 is 1.12. The molecular formula is C15H20O6S. The predicted octanol–water partition coefficient (Wildman–Crippen LogP) is 2.88. The summed E-state index contributed by atoms with van der Waals surface area (Å²) in [6.07, 6.45) is -0.510. The molecule has 0 spiro atoms. The Hall–Kier alpha value is -1.57. The zero-order valence-corrected chi connectivity index (χ0v) is 13.6. The summed E-state index contributed by atoms with van der Waals surface area (Å²) in [6.45, 7) is 6.23. The number of aromatic carboxylic acids is 2. The minimum absolute atomic E-state index is 0.0193. The van der Waals surface area contributed by atoms with Gasteiger partial charge in [0.1, 0.15) is 0 Å². The van der Waals surface area contributed by atoms with Crippen LogP contribution in [0.5, 0.6) is 0 Å². The highest BCUT2D eigenvalue weighted by atomic mass is 32.2. The van der Waals surface area contributed by atoms with Crippen LogP contribution in [0.25, 0.3) is 0 Å². The summed E-state index contributed by atoms with van der Waals surface area (Å²) in [5.41, 5.74) is 0.550. The maximum Gasteiger partial charge on any atom is 0.336 e. The zero-order chi connectivity index (χ0) is 16.7. The third kappa shape index (κ3) is 5.01. The van der Waals surface area contributed by atoms with E-state index >= 15 is 0 Å². The van der Waals surface area contributed by atoms with E-state index in [4.69, 9.17) is 9.47 Å². The summed E-state index contributed by atoms with van der Waals surface area (Å²) in [6, 6.07) is 2.93. The number of benzene rings is 1. The zero-order valence-electron chi connectivity index (χ0n) is 12.8. The first-order valence-corrected chi connectivity index (χ1v) is 7.86. The summed E-state index contributed by atoms with van der Waals surface area (Å²) in [5.74, 6) is -2.00. The molecule has 0 radical (unpaired) electrons. The van der Waals surface area contributed by atoms with E-state index in [0.29, 0.717) is 24.5 Å².